The van der Waals surface area contributed by atoms with E-state index >= 15 is 0 Å². The fourth-order valence-corrected chi connectivity index (χ4v) is 13.8. The zero-order chi connectivity index (χ0) is 100. The number of aromatic nitrogens is 18. The lowest BCUT2D eigenvalue weighted by Gasteiger charge is -2.27. The summed E-state index contributed by atoms with van der Waals surface area (Å²) >= 11 is 36.8. The minimum Gasteiger partial charge on any atom is -0.443 e. The zero-order valence-corrected chi connectivity index (χ0v) is 80.2. The molecule has 0 unspecified atom stereocenters. The van der Waals surface area contributed by atoms with Gasteiger partial charge in [0.15, 0.2) is 30.9 Å². The van der Waals surface area contributed by atoms with Crippen molar-refractivity contribution in [2.45, 2.75) is 99.9 Å². The molecule has 0 saturated carbocycles. The Bertz CT molecular complexity index is 6000. The van der Waals surface area contributed by atoms with Crippen LogP contribution in [0.15, 0.2) is 215 Å². The van der Waals surface area contributed by atoms with Gasteiger partial charge in [0.05, 0.1) is 121 Å². The first-order chi connectivity index (χ1) is 65.0. The van der Waals surface area contributed by atoms with Crippen molar-refractivity contribution in [1.82, 2.24) is 104 Å². The second-order valence-electron chi connectivity index (χ2n) is 28.8. The van der Waals surface area contributed by atoms with Crippen LogP contribution in [0, 0.1) is 11.8 Å². The number of urea groups is 3. The number of hydrogen-bond acceptors (Lipinski definition) is 20. The highest BCUT2D eigenvalue weighted by molar-refractivity contribution is 8.13. The van der Waals surface area contributed by atoms with Crippen molar-refractivity contribution in [3.63, 3.8) is 0 Å². The monoisotopic (exact) mass is 2040 g/mol. The fourth-order valence-electron chi connectivity index (χ4n) is 11.7. The first-order valence-corrected chi connectivity index (χ1v) is 44.2. The maximum atomic E-state index is 12.6. The predicted octanol–water partition coefficient (Wildman–Crippen LogP) is 20.2. The standard InChI is InChI=1S/C18H18ClN5O.C17H19ClN4O2.C14H15ClF3N5O.C13H13ClF3N5O.C13H12ClF3N4OS.C12H13ClN4O/c1-2-23(18(25)21-11-14-7-4-3-5-8-14)16-13-24(22-17(16)19)15-9-6-10-20-12-15;1-5-6-10-21(16(23)24-17(2,3)4)14-12-22(20-15(14)18)13-8-7-9-19-11-13;1-3-22(13(24)21(2)9-14(16,17)18)11-8-23(20-12(11)15)10-5-4-6-19-7-10;1-2-21(12(23)19-8-13(15,16)17)10-7-22(20-11(10)14)9-4-3-5-18-6-9;1-2-20(12(22)23-8-13(15,16)17)10-7-21(19-11(10)14)9-4-3-5-18-6-9;1-3-16(9(2)18)11-8-17(15-12(11)13)10-5-4-6-14-7-10/h3-10,12-13H,2,11H2,1H3,(H,21,25);7-9,11-12H,10H2,1-4H3;4-8H,3,9H2,1-2H3;3-7H,2,8H2,1H3,(H,19,23);3-7H,2,8H2,1H3;4-8H,3H2,1-2H3. The number of nitrogens with zero attached hydrogens (tertiary/aromatic N) is 25. The Balaban J connectivity index is 0.000000202. The summed E-state index contributed by atoms with van der Waals surface area (Å²) in [6.07, 6.45) is 15.0. The Kier molecular flexibility index (Phi) is 40.8. The van der Waals surface area contributed by atoms with E-state index in [1.807, 2.05) is 74.5 Å². The molecule has 137 heavy (non-hydrogen) atoms. The maximum absolute atomic E-state index is 12.6. The molecule has 13 rings (SSSR count). The van der Waals surface area contributed by atoms with Crippen LogP contribution in [0.3, 0.4) is 0 Å². The highest BCUT2D eigenvalue weighted by Crippen LogP contribution is 2.35. The highest BCUT2D eigenvalue weighted by atomic mass is 35.5. The van der Waals surface area contributed by atoms with E-state index in [4.69, 9.17) is 74.3 Å². The molecule has 9 amide bonds. The molecule has 0 spiro atoms. The summed E-state index contributed by atoms with van der Waals surface area (Å²) in [7, 11) is 1.08. The van der Waals surface area contributed by atoms with E-state index in [0.29, 0.717) is 63.8 Å². The summed E-state index contributed by atoms with van der Waals surface area (Å²) in [5.74, 6) is 4.30. The quantitative estimate of drug-likeness (QED) is 0.0444. The van der Waals surface area contributed by atoms with E-state index in [-0.39, 0.29) is 92.7 Å². The zero-order valence-electron chi connectivity index (χ0n) is 74.9. The number of anilines is 6. The molecule has 0 atom stereocenters. The van der Waals surface area contributed by atoms with Gasteiger partial charge >= 0.3 is 42.7 Å². The second kappa shape index (κ2) is 51.4. The van der Waals surface area contributed by atoms with E-state index in [0.717, 1.165) is 44.4 Å². The molecule has 1 aromatic carbocycles. The average Bonchev–Trinajstić information content (AvgIpc) is 1.45. The van der Waals surface area contributed by atoms with E-state index in [1.54, 1.807) is 207 Å². The first kappa shape index (κ1) is 109. The third kappa shape index (κ3) is 33.1. The molecule has 50 heteroatoms. The van der Waals surface area contributed by atoms with Crippen LogP contribution in [-0.4, -0.2) is 218 Å². The number of amides is 9. The van der Waals surface area contributed by atoms with Gasteiger partial charge in [-0.25, -0.2) is 47.3 Å². The van der Waals surface area contributed by atoms with E-state index < -0.39 is 66.4 Å². The molecule has 0 aliphatic heterocycles. The summed E-state index contributed by atoms with van der Waals surface area (Å²) < 4.78 is 125. The van der Waals surface area contributed by atoms with Crippen LogP contribution in [0.4, 0.5) is 97.6 Å². The number of nitrogens with one attached hydrogen (secondary N) is 2. The van der Waals surface area contributed by atoms with Crippen LogP contribution in [0.1, 0.15) is 74.8 Å². The number of benzene rings is 1. The molecule has 12 aromatic heterocycles. The number of alkyl halides is 9. The summed E-state index contributed by atoms with van der Waals surface area (Å²) in [6, 6.07) is 29.1. The van der Waals surface area contributed by atoms with Gasteiger partial charge in [-0.2, -0.15) is 70.1 Å². The van der Waals surface area contributed by atoms with E-state index in [1.165, 1.54) is 50.7 Å². The molecule has 0 fully saturated rings. The smallest absolute Gasteiger partial charge is 0.415 e. The molecule has 13 aromatic rings. The van der Waals surface area contributed by atoms with Gasteiger partial charge in [0.1, 0.15) is 52.8 Å². The number of halogens is 15. The van der Waals surface area contributed by atoms with Gasteiger partial charge < -0.3 is 25.2 Å². The van der Waals surface area contributed by atoms with Crippen molar-refractivity contribution in [3.8, 4) is 46.0 Å². The minimum absolute atomic E-state index is 0.00198. The molecule has 0 radical (unpaired) electrons. The molecule has 726 valence electrons. The Hall–Kier alpha value is -13.6. The molecular weight excluding hydrogens is 1950 g/mol. The Morgan fingerprint density at radius 1 is 0.409 bits per heavy atom. The number of hydrogen-bond donors (Lipinski definition) is 2. The number of ether oxygens (including phenoxy) is 1. The average molecular weight is 2040 g/mol. The lowest BCUT2D eigenvalue weighted by atomic mass is 10.2. The molecule has 2 N–H and O–H groups in total. The van der Waals surface area contributed by atoms with Crippen molar-refractivity contribution in [1.29, 1.82) is 0 Å². The lowest BCUT2D eigenvalue weighted by molar-refractivity contribution is -0.137. The van der Waals surface area contributed by atoms with Crippen molar-refractivity contribution >= 4 is 151 Å². The molecular formula is C87H90Cl6F9N27O7S. The molecule has 0 bridgehead atoms. The fraction of sp³-hybridized carbons (Fsp3) is 0.287. The Morgan fingerprint density at radius 2 is 0.715 bits per heavy atom. The van der Waals surface area contributed by atoms with Crippen LogP contribution in [0.5, 0.6) is 0 Å². The number of carbonyl (C=O) groups is 6. The Morgan fingerprint density at radius 3 is 0.993 bits per heavy atom. The molecule has 0 aliphatic carbocycles. The van der Waals surface area contributed by atoms with Gasteiger partial charge in [-0.1, -0.05) is 118 Å². The van der Waals surface area contributed by atoms with Crippen molar-refractivity contribution in [2.24, 2.45) is 0 Å². The summed E-state index contributed by atoms with van der Waals surface area (Å²) in [6.45, 7) is 16.6. The van der Waals surface area contributed by atoms with Gasteiger partial charge in [-0.15, -0.1) is 5.92 Å². The van der Waals surface area contributed by atoms with Crippen molar-refractivity contribution in [3.05, 3.63) is 251 Å². The van der Waals surface area contributed by atoms with Crippen molar-refractivity contribution in [2.75, 3.05) is 94.6 Å². The van der Waals surface area contributed by atoms with E-state index in [9.17, 15) is 68.3 Å². The molecule has 0 aliphatic rings. The van der Waals surface area contributed by atoms with Gasteiger partial charge in [-0.05, 0) is 141 Å². The minimum atomic E-state index is -4.49. The number of pyridine rings is 6. The largest absolute Gasteiger partial charge is 0.443 e. The predicted molar refractivity (Wildman–Crippen MR) is 507 cm³/mol. The SMILES string of the molecule is CC#CCN(C(=O)OC(C)(C)C)c1cn(-c2cccnc2)nc1Cl.CCN(C(=O)N(C)CC(F)(F)F)c1cn(-c2cccnc2)nc1Cl.CCN(C(=O)NCC(F)(F)F)c1cn(-c2cccnc2)nc1Cl.CCN(C(=O)NCc1ccccc1)c1cn(-c2cccnc2)nc1Cl.CCN(C(=O)SCC(F)(F)F)c1cn(-c2cccnc2)nc1Cl.CCN(C(C)=O)c1cn(-c2cccnc2)nc1Cl. The van der Waals surface area contributed by atoms with Gasteiger partial charge in [-0.3, -0.25) is 64.0 Å². The van der Waals surface area contributed by atoms with Crippen LogP contribution in [0.25, 0.3) is 34.1 Å². The van der Waals surface area contributed by atoms with Gasteiger partial charge in [0, 0.05) is 90.4 Å². The highest BCUT2D eigenvalue weighted by Gasteiger charge is 2.36. The summed E-state index contributed by atoms with van der Waals surface area (Å²) in [4.78, 5) is 105. The number of carbonyl (C=O) groups excluding carboxylic acids is 6. The third-order valence-corrected chi connectivity index (χ3v) is 20.4. The molecule has 0 saturated heterocycles. The number of rotatable bonds is 23. The summed E-state index contributed by atoms with van der Waals surface area (Å²) in [5, 5.41) is 29.6. The Labute approximate surface area is 814 Å². The van der Waals surface area contributed by atoms with Crippen molar-refractivity contribution < 1.29 is 73.0 Å². The normalized spacial score (nSPS) is 11.0. The van der Waals surface area contributed by atoms with Crippen LogP contribution < -0.4 is 40.0 Å². The van der Waals surface area contributed by atoms with Crippen LogP contribution in [0.2, 0.25) is 30.9 Å². The first-order valence-electron chi connectivity index (χ1n) is 40.9. The van der Waals surface area contributed by atoms with E-state index in [2.05, 4.69) is 77.7 Å². The second-order valence-corrected chi connectivity index (χ2v) is 31.9. The third-order valence-electron chi connectivity index (χ3n) is 17.9. The number of thioether (sulfide) groups is 1. The topological polar surface area (TPSA) is 343 Å². The lowest BCUT2D eigenvalue weighted by Crippen LogP contribution is -2.45. The van der Waals surface area contributed by atoms with Crippen LogP contribution >= 0.6 is 81.4 Å². The summed E-state index contributed by atoms with van der Waals surface area (Å²) in [5.41, 5.74) is 6.81. The molecule has 34 nitrogen and oxygen atoms in total. The van der Waals surface area contributed by atoms with Gasteiger partial charge in [0.2, 0.25) is 5.91 Å². The molecule has 12 heterocycles. The van der Waals surface area contributed by atoms with Crippen LogP contribution in [-0.2, 0) is 16.1 Å². The maximum Gasteiger partial charge on any atom is 0.415 e. The van der Waals surface area contributed by atoms with Gasteiger partial charge in [0.25, 0.3) is 5.24 Å².